The summed E-state index contributed by atoms with van der Waals surface area (Å²) < 4.78 is 38.2. The molecule has 2 rings (SSSR count). The molecule has 0 spiro atoms. The second-order valence-corrected chi connectivity index (χ2v) is 10.4. The van der Waals surface area contributed by atoms with Crippen LogP contribution >= 0.6 is 12.2 Å². The quantitative estimate of drug-likeness (QED) is 0.546. The zero-order chi connectivity index (χ0) is 24.8. The first kappa shape index (κ1) is 26.4. The van der Waals surface area contributed by atoms with Gasteiger partial charge in [-0.2, -0.15) is 0 Å². The molecule has 0 radical (unpaired) electrons. The van der Waals surface area contributed by atoms with E-state index in [1.807, 2.05) is 6.07 Å². The Morgan fingerprint density at radius 3 is 2.27 bits per heavy atom. The molecule has 0 saturated heterocycles. The fourth-order valence-electron chi connectivity index (χ4n) is 3.12. The summed E-state index contributed by atoms with van der Waals surface area (Å²) in [5.74, 6) is 0.266. The smallest absolute Gasteiger partial charge is 0.269 e. The summed E-state index contributed by atoms with van der Waals surface area (Å²) in [7, 11) is 0.401. The molecule has 0 aliphatic carbocycles. The minimum Gasteiger partial charge on any atom is -0.496 e. The van der Waals surface area contributed by atoms with E-state index in [2.05, 4.69) is 31.4 Å². The SMILES string of the molecule is CNC(=S)N(CCNC(=O)c1cc(C(C)(C)C)ccc1OC)S(=O)(=O)c1ccccc1OC. The van der Waals surface area contributed by atoms with Crippen molar-refractivity contribution in [2.24, 2.45) is 0 Å². The third-order valence-corrected chi connectivity index (χ3v) is 7.37. The molecular formula is C23H31N3O5S2. The van der Waals surface area contributed by atoms with Crippen LogP contribution in [0.3, 0.4) is 0 Å². The maximum Gasteiger partial charge on any atom is 0.269 e. The van der Waals surface area contributed by atoms with E-state index in [1.54, 1.807) is 30.3 Å². The number of para-hydroxylation sites is 1. The van der Waals surface area contributed by atoms with Gasteiger partial charge < -0.3 is 20.1 Å². The number of thiocarbonyl (C=S) groups is 1. The Labute approximate surface area is 201 Å². The van der Waals surface area contributed by atoms with Crippen molar-refractivity contribution < 1.29 is 22.7 Å². The molecule has 0 atom stereocenters. The predicted molar refractivity (Wildman–Crippen MR) is 133 cm³/mol. The van der Waals surface area contributed by atoms with E-state index >= 15 is 0 Å². The molecule has 180 valence electrons. The highest BCUT2D eigenvalue weighted by Crippen LogP contribution is 2.28. The standard InChI is InChI=1S/C23H31N3O5S2/c1-23(2,3)16-11-12-18(30-5)17(15-16)21(27)25-13-14-26(22(32)24-4)33(28,29)20-10-8-7-9-19(20)31-6/h7-12,15H,13-14H2,1-6H3,(H,24,32)(H,25,27). The van der Waals surface area contributed by atoms with Gasteiger partial charge in [0.25, 0.3) is 15.9 Å². The molecule has 0 aliphatic heterocycles. The molecule has 0 bridgehead atoms. The van der Waals surface area contributed by atoms with Gasteiger partial charge in [-0.3, -0.25) is 4.79 Å². The van der Waals surface area contributed by atoms with E-state index in [4.69, 9.17) is 21.7 Å². The highest BCUT2D eigenvalue weighted by molar-refractivity contribution is 7.91. The van der Waals surface area contributed by atoms with Crippen LogP contribution in [0, 0.1) is 0 Å². The fraction of sp³-hybridized carbons (Fsp3) is 0.391. The number of carbonyl (C=O) groups is 1. The van der Waals surface area contributed by atoms with Crippen LogP contribution < -0.4 is 20.1 Å². The summed E-state index contributed by atoms with van der Waals surface area (Å²) >= 11 is 5.24. The van der Waals surface area contributed by atoms with Gasteiger partial charge in [0, 0.05) is 13.6 Å². The van der Waals surface area contributed by atoms with Crippen LogP contribution in [0.5, 0.6) is 11.5 Å². The largest absolute Gasteiger partial charge is 0.496 e. The second kappa shape index (κ2) is 10.8. The van der Waals surface area contributed by atoms with Crippen molar-refractivity contribution in [3.05, 3.63) is 53.6 Å². The Kier molecular flexibility index (Phi) is 8.68. The number of hydrogen-bond acceptors (Lipinski definition) is 6. The number of methoxy groups -OCH3 is 2. The van der Waals surface area contributed by atoms with E-state index < -0.39 is 10.0 Å². The van der Waals surface area contributed by atoms with Crippen molar-refractivity contribution in [3.8, 4) is 11.5 Å². The summed E-state index contributed by atoms with van der Waals surface area (Å²) in [4.78, 5) is 12.9. The molecule has 1 amide bonds. The number of hydrogen-bond donors (Lipinski definition) is 2. The van der Waals surface area contributed by atoms with Gasteiger partial charge in [-0.25, -0.2) is 12.7 Å². The molecule has 0 unspecified atom stereocenters. The summed E-state index contributed by atoms with van der Waals surface area (Å²) in [6.45, 7) is 6.10. The molecule has 2 aromatic carbocycles. The number of carbonyl (C=O) groups excluding carboxylic acids is 1. The molecule has 33 heavy (non-hydrogen) atoms. The van der Waals surface area contributed by atoms with Crippen molar-refractivity contribution >= 4 is 33.3 Å². The lowest BCUT2D eigenvalue weighted by molar-refractivity contribution is 0.0949. The zero-order valence-corrected chi connectivity index (χ0v) is 21.4. The van der Waals surface area contributed by atoms with E-state index in [-0.39, 0.29) is 40.2 Å². The summed E-state index contributed by atoms with van der Waals surface area (Å²) in [6, 6.07) is 11.7. The molecule has 0 saturated carbocycles. The van der Waals surface area contributed by atoms with Crippen molar-refractivity contribution in [2.75, 3.05) is 34.4 Å². The van der Waals surface area contributed by atoms with Crippen LogP contribution in [0.1, 0.15) is 36.7 Å². The Balaban J connectivity index is 2.25. The lowest BCUT2D eigenvalue weighted by Gasteiger charge is -2.25. The van der Waals surface area contributed by atoms with E-state index in [1.165, 1.54) is 27.3 Å². The van der Waals surface area contributed by atoms with Gasteiger partial charge in [0.15, 0.2) is 5.11 Å². The van der Waals surface area contributed by atoms with Crippen LogP contribution in [0.25, 0.3) is 0 Å². The number of nitrogens with zero attached hydrogens (tertiary/aromatic N) is 1. The maximum atomic E-state index is 13.3. The van der Waals surface area contributed by atoms with E-state index in [9.17, 15) is 13.2 Å². The third-order valence-electron chi connectivity index (χ3n) is 4.99. The van der Waals surface area contributed by atoms with Gasteiger partial charge in [0.1, 0.15) is 16.4 Å². The Morgan fingerprint density at radius 2 is 1.70 bits per heavy atom. The van der Waals surface area contributed by atoms with E-state index in [0.29, 0.717) is 11.3 Å². The van der Waals surface area contributed by atoms with Gasteiger partial charge >= 0.3 is 0 Å². The summed E-state index contributed by atoms with van der Waals surface area (Å²) in [5.41, 5.74) is 1.20. The first-order valence-corrected chi connectivity index (χ1v) is 12.2. The number of benzene rings is 2. The number of sulfonamides is 1. The van der Waals surface area contributed by atoms with Gasteiger partial charge in [-0.15, -0.1) is 0 Å². The summed E-state index contributed by atoms with van der Waals surface area (Å²) in [5, 5.41) is 5.47. The fourth-order valence-corrected chi connectivity index (χ4v) is 5.04. The highest BCUT2D eigenvalue weighted by atomic mass is 32.2. The van der Waals surface area contributed by atoms with Gasteiger partial charge in [-0.1, -0.05) is 39.0 Å². The second-order valence-electron chi connectivity index (χ2n) is 8.20. The highest BCUT2D eigenvalue weighted by Gasteiger charge is 2.29. The first-order chi connectivity index (χ1) is 15.5. The lowest BCUT2D eigenvalue weighted by atomic mass is 9.86. The molecule has 8 nitrogen and oxygen atoms in total. The van der Waals surface area contributed by atoms with Gasteiger partial charge in [-0.05, 0) is 47.5 Å². The molecule has 0 aromatic heterocycles. The van der Waals surface area contributed by atoms with Crippen LogP contribution in [0.2, 0.25) is 0 Å². The Bertz CT molecular complexity index is 1110. The molecule has 0 heterocycles. The van der Waals surface area contributed by atoms with Crippen molar-refractivity contribution in [1.82, 2.24) is 14.9 Å². The Morgan fingerprint density at radius 1 is 1.06 bits per heavy atom. The minimum absolute atomic E-state index is 0.00228. The number of amides is 1. The predicted octanol–water partition coefficient (Wildman–Crippen LogP) is 2.93. The molecule has 0 aliphatic rings. The average Bonchev–Trinajstić information content (AvgIpc) is 2.79. The van der Waals surface area contributed by atoms with Crippen molar-refractivity contribution in [2.45, 2.75) is 31.1 Å². The molecular weight excluding hydrogens is 462 g/mol. The van der Waals surface area contributed by atoms with Crippen LogP contribution in [0.15, 0.2) is 47.4 Å². The number of rotatable bonds is 8. The third kappa shape index (κ3) is 6.14. The molecule has 2 N–H and O–H groups in total. The van der Waals surface area contributed by atoms with Crippen molar-refractivity contribution in [1.29, 1.82) is 0 Å². The van der Waals surface area contributed by atoms with Gasteiger partial charge in [0.2, 0.25) is 0 Å². The zero-order valence-electron chi connectivity index (χ0n) is 19.8. The van der Waals surface area contributed by atoms with Crippen LogP contribution in [0.4, 0.5) is 0 Å². The normalized spacial score (nSPS) is 11.5. The topological polar surface area (TPSA) is 97.0 Å². The minimum atomic E-state index is -4.03. The number of ether oxygens (including phenoxy) is 2. The molecule has 0 fully saturated rings. The average molecular weight is 494 g/mol. The maximum absolute atomic E-state index is 13.3. The first-order valence-electron chi connectivity index (χ1n) is 10.3. The monoisotopic (exact) mass is 493 g/mol. The van der Waals surface area contributed by atoms with Crippen molar-refractivity contribution in [3.63, 3.8) is 0 Å². The molecule has 10 heteroatoms. The van der Waals surface area contributed by atoms with Crippen LogP contribution in [-0.2, 0) is 15.4 Å². The summed E-state index contributed by atoms with van der Waals surface area (Å²) in [6.07, 6.45) is 0. The number of nitrogens with one attached hydrogen (secondary N) is 2. The van der Waals surface area contributed by atoms with E-state index in [0.717, 1.165) is 9.87 Å². The van der Waals surface area contributed by atoms with Gasteiger partial charge in [0.05, 0.1) is 26.3 Å². The van der Waals surface area contributed by atoms with Crippen LogP contribution in [-0.4, -0.2) is 58.1 Å². The molecule has 2 aromatic rings. The Hall–Kier alpha value is -2.85. The lowest BCUT2D eigenvalue weighted by Crippen LogP contribution is -2.46.